The summed E-state index contributed by atoms with van der Waals surface area (Å²) in [5.41, 5.74) is 4.25. The second-order valence-corrected chi connectivity index (χ2v) is 8.95. The smallest absolute Gasteiger partial charge is 0.459 e. The first kappa shape index (κ1) is 25.7. The fourth-order valence-corrected chi connectivity index (χ4v) is 4.56. The third kappa shape index (κ3) is 5.59. The summed E-state index contributed by atoms with van der Waals surface area (Å²) < 4.78 is 63.6. The van der Waals surface area contributed by atoms with Gasteiger partial charge in [0.15, 0.2) is 6.10 Å². The Labute approximate surface area is 192 Å². The molecule has 1 aliphatic heterocycles. The van der Waals surface area contributed by atoms with E-state index in [0.717, 1.165) is 19.4 Å². The molecule has 3 rings (SSSR count). The van der Waals surface area contributed by atoms with E-state index in [0.29, 0.717) is 4.57 Å². The molecule has 5 atom stereocenters. The molecule has 1 aliphatic rings. The van der Waals surface area contributed by atoms with Crippen LogP contribution in [0, 0.1) is 0 Å². The molecule has 1 aromatic carbocycles. The molecule has 15 heteroatoms. The molecule has 5 unspecified atom stereocenters. The van der Waals surface area contributed by atoms with E-state index in [1.807, 2.05) is 0 Å². The molecule has 34 heavy (non-hydrogen) atoms. The zero-order valence-electron chi connectivity index (χ0n) is 18.0. The first-order chi connectivity index (χ1) is 16.0. The lowest BCUT2D eigenvalue weighted by molar-refractivity contribution is -0.142. The van der Waals surface area contributed by atoms with Crippen LogP contribution in [0.25, 0.3) is 0 Å². The first-order valence-electron chi connectivity index (χ1n) is 9.87. The molecule has 1 aromatic heterocycles. The van der Waals surface area contributed by atoms with Crippen LogP contribution in [0.2, 0.25) is 0 Å². The molecule has 0 saturated carbocycles. The van der Waals surface area contributed by atoms with Crippen LogP contribution < -0.4 is 21.0 Å². The molecule has 0 aliphatic carbocycles. The molecular weight excluding hydrogens is 481 g/mol. The molecule has 0 bridgehead atoms. The molecule has 1 saturated heterocycles. The number of methoxy groups -OCH3 is 1. The van der Waals surface area contributed by atoms with Gasteiger partial charge < -0.3 is 24.8 Å². The number of nitrogens with one attached hydrogen (secondary N) is 1. The number of halogens is 2. The summed E-state index contributed by atoms with van der Waals surface area (Å²) in [6.07, 6.45) is -5.45. The maximum absolute atomic E-state index is 14.7. The van der Waals surface area contributed by atoms with Gasteiger partial charge in [0, 0.05) is 6.20 Å². The zero-order chi connectivity index (χ0) is 25.1. The van der Waals surface area contributed by atoms with Gasteiger partial charge in [-0.1, -0.05) is 18.2 Å². The average Bonchev–Trinajstić information content (AvgIpc) is 3.01. The van der Waals surface area contributed by atoms with Gasteiger partial charge in [-0.2, -0.15) is 18.9 Å². The van der Waals surface area contributed by atoms with Crippen LogP contribution >= 0.6 is 7.75 Å². The van der Waals surface area contributed by atoms with Gasteiger partial charge in [-0.05, 0) is 25.1 Å². The van der Waals surface area contributed by atoms with Gasteiger partial charge in [0.05, 0.1) is 13.7 Å². The van der Waals surface area contributed by atoms with Crippen LogP contribution in [0.3, 0.4) is 0 Å². The van der Waals surface area contributed by atoms with Crippen molar-refractivity contribution in [3.8, 4) is 5.75 Å². The fourth-order valence-electron chi connectivity index (χ4n) is 3.06. The number of aliphatic hydroxyl groups is 1. The predicted octanol–water partition coefficient (Wildman–Crippen LogP) is 1.07. The van der Waals surface area contributed by atoms with Crippen molar-refractivity contribution < 1.29 is 41.8 Å². The second-order valence-electron chi connectivity index (χ2n) is 7.26. The van der Waals surface area contributed by atoms with Gasteiger partial charge in [0.25, 0.3) is 0 Å². The van der Waals surface area contributed by atoms with Crippen molar-refractivity contribution in [1.29, 1.82) is 0 Å². The summed E-state index contributed by atoms with van der Waals surface area (Å²) >= 11 is 0. The number of hydrogen-bond donors (Lipinski definition) is 3. The van der Waals surface area contributed by atoms with E-state index in [-0.39, 0.29) is 11.6 Å². The van der Waals surface area contributed by atoms with Gasteiger partial charge >= 0.3 is 25.3 Å². The summed E-state index contributed by atoms with van der Waals surface area (Å²) in [6, 6.07) is 7.67. The average molecular weight is 504 g/mol. The number of benzene rings is 1. The number of rotatable bonds is 9. The van der Waals surface area contributed by atoms with Gasteiger partial charge in [-0.3, -0.25) is 13.9 Å². The molecule has 12 nitrogen and oxygen atoms in total. The van der Waals surface area contributed by atoms with Crippen LogP contribution in [0.5, 0.6) is 5.75 Å². The lowest BCUT2D eigenvalue weighted by atomic mass is 10.1. The Morgan fingerprint density at radius 2 is 2.06 bits per heavy atom. The number of nitrogen functional groups attached to an aromatic ring is 1. The highest BCUT2D eigenvalue weighted by Gasteiger charge is 2.60. The lowest BCUT2D eigenvalue weighted by Crippen LogP contribution is -2.42. The lowest BCUT2D eigenvalue weighted by Gasteiger charge is -2.24. The Bertz CT molecular complexity index is 1120. The number of anilines is 1. The fraction of sp³-hybridized carbons (Fsp3) is 0.421. The minimum absolute atomic E-state index is 0.0889. The highest BCUT2D eigenvalue weighted by atomic mass is 31.2. The molecule has 0 radical (unpaired) electrons. The SMILES string of the molecule is COC(=O)C(C)NP(=O)(OCC1OC(n2ccc(N)nc2=O)C(F)(F)C1O)Oc1ccccc1. The largest absolute Gasteiger partial charge is 0.468 e. The van der Waals surface area contributed by atoms with Crippen LogP contribution in [-0.4, -0.2) is 58.5 Å². The molecule has 2 aromatic rings. The predicted molar refractivity (Wildman–Crippen MR) is 113 cm³/mol. The van der Waals surface area contributed by atoms with Gasteiger partial charge in [-0.15, -0.1) is 0 Å². The third-order valence-corrected chi connectivity index (χ3v) is 6.41. The zero-order valence-corrected chi connectivity index (χ0v) is 18.9. The Morgan fingerprint density at radius 1 is 1.38 bits per heavy atom. The number of ether oxygens (including phenoxy) is 2. The van der Waals surface area contributed by atoms with Crippen LogP contribution in [0.1, 0.15) is 13.2 Å². The van der Waals surface area contributed by atoms with Crippen molar-refractivity contribution in [1.82, 2.24) is 14.6 Å². The molecule has 1 fully saturated rings. The summed E-state index contributed by atoms with van der Waals surface area (Å²) in [6.45, 7) is 0.469. The number of aromatic nitrogens is 2. The quantitative estimate of drug-likeness (QED) is 0.331. The van der Waals surface area contributed by atoms with Crippen LogP contribution in [0.15, 0.2) is 47.4 Å². The Morgan fingerprint density at radius 3 is 2.68 bits per heavy atom. The highest BCUT2D eigenvalue weighted by molar-refractivity contribution is 7.52. The van der Waals surface area contributed by atoms with Crippen molar-refractivity contribution in [2.45, 2.75) is 37.3 Å². The van der Waals surface area contributed by atoms with E-state index in [1.54, 1.807) is 18.2 Å². The van der Waals surface area contributed by atoms with E-state index in [9.17, 15) is 28.0 Å². The number of hydrogen-bond acceptors (Lipinski definition) is 10. The van der Waals surface area contributed by atoms with Gasteiger partial charge in [0.2, 0.25) is 6.23 Å². The first-order valence-corrected chi connectivity index (χ1v) is 11.4. The van der Waals surface area contributed by atoms with E-state index in [1.165, 1.54) is 19.1 Å². The Balaban J connectivity index is 1.80. The second kappa shape index (κ2) is 10.2. The summed E-state index contributed by atoms with van der Waals surface area (Å²) in [5, 5.41) is 12.5. The van der Waals surface area contributed by atoms with Crippen molar-refractivity contribution in [3.63, 3.8) is 0 Å². The molecule has 0 spiro atoms. The van der Waals surface area contributed by atoms with Gasteiger partial charge in [0.1, 0.15) is 23.7 Å². The number of alkyl halides is 2. The van der Waals surface area contributed by atoms with Crippen LogP contribution in [0.4, 0.5) is 14.6 Å². The van der Waals surface area contributed by atoms with E-state index < -0.39 is 56.4 Å². The summed E-state index contributed by atoms with van der Waals surface area (Å²) in [4.78, 5) is 27.1. The van der Waals surface area contributed by atoms with Crippen molar-refractivity contribution in [2.24, 2.45) is 0 Å². The summed E-state index contributed by atoms with van der Waals surface area (Å²) in [5.74, 6) is -4.83. The number of carbonyl (C=O) groups is 1. The number of aliphatic hydroxyl groups excluding tert-OH is 1. The van der Waals surface area contributed by atoms with Crippen molar-refractivity contribution >= 4 is 19.5 Å². The molecule has 186 valence electrons. The Kier molecular flexibility index (Phi) is 7.68. The topological polar surface area (TPSA) is 164 Å². The normalized spacial score (nSPS) is 24.2. The number of para-hydroxylation sites is 1. The molecule has 4 N–H and O–H groups in total. The van der Waals surface area contributed by atoms with E-state index in [4.69, 9.17) is 19.5 Å². The van der Waals surface area contributed by atoms with Gasteiger partial charge in [-0.25, -0.2) is 9.36 Å². The molecule has 2 heterocycles. The Hall–Kier alpha value is -2.90. The maximum atomic E-state index is 14.7. The molecule has 0 amide bonds. The minimum Gasteiger partial charge on any atom is -0.468 e. The van der Waals surface area contributed by atoms with Crippen LogP contribution in [-0.2, 0) is 23.4 Å². The van der Waals surface area contributed by atoms with Crippen molar-refractivity contribution in [2.75, 3.05) is 19.5 Å². The standard InChI is InChI=1S/C19H23F2N4O8P/c1-11(16(27)30-2)24-34(29,33-12-6-4-3-5-7-12)31-10-13-15(26)19(20,21)17(32-13)25-9-8-14(22)23-18(25)28/h3-9,11,13,15,17,26H,10H2,1-2H3,(H,24,29)(H2,22,23,28). The number of nitrogens with two attached hydrogens (primary N) is 1. The minimum atomic E-state index is -4.38. The maximum Gasteiger partial charge on any atom is 0.459 e. The van der Waals surface area contributed by atoms with E-state index >= 15 is 0 Å². The van der Waals surface area contributed by atoms with Crippen molar-refractivity contribution in [3.05, 3.63) is 53.1 Å². The highest BCUT2D eigenvalue weighted by Crippen LogP contribution is 2.47. The monoisotopic (exact) mass is 504 g/mol. The number of carbonyl (C=O) groups excluding carboxylic acids is 1. The van der Waals surface area contributed by atoms with E-state index in [2.05, 4.69) is 14.8 Å². The molecular formula is C19H23F2N4O8P. The number of nitrogens with zero attached hydrogens (tertiary/aromatic N) is 2. The number of esters is 1. The third-order valence-electron chi connectivity index (χ3n) is 4.77. The summed E-state index contributed by atoms with van der Waals surface area (Å²) in [7, 11) is -3.26.